The lowest BCUT2D eigenvalue weighted by Gasteiger charge is -2.37. The normalized spacial score (nSPS) is 20.9. The van der Waals surface area contributed by atoms with E-state index < -0.39 is 0 Å². The molecule has 170 valence electrons. The summed E-state index contributed by atoms with van der Waals surface area (Å²) in [6.07, 6.45) is 9.97. The summed E-state index contributed by atoms with van der Waals surface area (Å²) in [5.74, 6) is 0.278. The average Bonchev–Trinajstić information content (AvgIpc) is 2.87. The van der Waals surface area contributed by atoms with Gasteiger partial charge in [0.1, 0.15) is 0 Å². The van der Waals surface area contributed by atoms with Gasteiger partial charge in [-0.05, 0) is 25.3 Å². The molecular formula is C24H31N5O3. The molecule has 4 rings (SSSR count). The number of nitrogens with zero attached hydrogens (tertiary/aromatic N) is 4. The highest BCUT2D eigenvalue weighted by Gasteiger charge is 2.22. The number of carbonyl (C=O) groups excluding carboxylic acids is 1. The van der Waals surface area contributed by atoms with Gasteiger partial charge in [-0.2, -0.15) is 0 Å². The third kappa shape index (κ3) is 6.12. The fourth-order valence-corrected chi connectivity index (χ4v) is 3.85. The van der Waals surface area contributed by atoms with Crippen molar-refractivity contribution < 1.29 is 14.4 Å². The predicted molar refractivity (Wildman–Crippen MR) is 123 cm³/mol. The molecule has 2 aliphatic rings. The zero-order valence-electron chi connectivity index (χ0n) is 18.5. The van der Waals surface area contributed by atoms with Crippen molar-refractivity contribution in [1.82, 2.24) is 20.3 Å². The summed E-state index contributed by atoms with van der Waals surface area (Å²) < 4.78 is 5.44. The number of rotatable bonds is 7. The number of carbonyl (C=O) groups is 1. The SMILES string of the molecule is CC(/C=C/c1ccccc1)N1CCN(c2ncc(C(=O)NOC3CCCCO3)cn2)CC1. The highest BCUT2D eigenvalue weighted by Crippen LogP contribution is 2.15. The van der Waals surface area contributed by atoms with Crippen molar-refractivity contribution in [1.29, 1.82) is 0 Å². The zero-order valence-corrected chi connectivity index (χ0v) is 18.5. The molecule has 0 aliphatic carbocycles. The number of piperazine rings is 1. The largest absolute Gasteiger partial charge is 0.350 e. The molecule has 0 spiro atoms. The minimum absolute atomic E-state index is 0.359. The number of hydrogen-bond acceptors (Lipinski definition) is 7. The van der Waals surface area contributed by atoms with Gasteiger partial charge in [0.05, 0.1) is 5.56 Å². The fourth-order valence-electron chi connectivity index (χ4n) is 3.85. The van der Waals surface area contributed by atoms with Crippen molar-refractivity contribution >= 4 is 17.9 Å². The zero-order chi connectivity index (χ0) is 22.2. The molecule has 0 bridgehead atoms. The molecule has 8 heteroatoms. The van der Waals surface area contributed by atoms with Crippen LogP contribution in [0.4, 0.5) is 5.95 Å². The molecule has 1 N–H and O–H groups in total. The Bertz CT molecular complexity index is 876. The van der Waals surface area contributed by atoms with Crippen LogP contribution in [0.25, 0.3) is 6.08 Å². The van der Waals surface area contributed by atoms with E-state index in [-0.39, 0.29) is 12.2 Å². The molecule has 32 heavy (non-hydrogen) atoms. The van der Waals surface area contributed by atoms with Crippen LogP contribution in [0.1, 0.15) is 42.1 Å². The van der Waals surface area contributed by atoms with Crippen LogP contribution in [0.3, 0.4) is 0 Å². The van der Waals surface area contributed by atoms with Crippen LogP contribution in [-0.2, 0) is 9.57 Å². The van der Waals surface area contributed by atoms with Crippen LogP contribution >= 0.6 is 0 Å². The standard InChI is InChI=1S/C24H31N5O3/c1-19(10-11-20-7-3-2-4-8-20)28-12-14-29(15-13-28)24-25-17-21(18-26-24)23(30)27-32-22-9-5-6-16-31-22/h2-4,7-8,10-11,17-19,22H,5-6,9,12-16H2,1H3,(H,27,30)/b11-10+. The highest BCUT2D eigenvalue weighted by molar-refractivity contribution is 5.92. The Labute approximate surface area is 189 Å². The number of hydrogen-bond donors (Lipinski definition) is 1. The molecule has 3 heterocycles. The van der Waals surface area contributed by atoms with Gasteiger partial charge in [0.25, 0.3) is 5.91 Å². The van der Waals surface area contributed by atoms with Gasteiger partial charge in [0.15, 0.2) is 6.29 Å². The molecule has 1 aromatic carbocycles. The van der Waals surface area contributed by atoms with Crippen LogP contribution < -0.4 is 10.4 Å². The van der Waals surface area contributed by atoms with E-state index in [4.69, 9.17) is 9.57 Å². The Morgan fingerprint density at radius 1 is 1.16 bits per heavy atom. The van der Waals surface area contributed by atoms with Gasteiger partial charge < -0.3 is 9.64 Å². The minimum atomic E-state index is -0.380. The van der Waals surface area contributed by atoms with Crippen LogP contribution in [0.2, 0.25) is 0 Å². The molecule has 2 aromatic rings. The van der Waals surface area contributed by atoms with Crippen LogP contribution in [0.15, 0.2) is 48.8 Å². The fraction of sp³-hybridized carbons (Fsp3) is 0.458. The molecular weight excluding hydrogens is 406 g/mol. The van der Waals surface area contributed by atoms with Crippen molar-refractivity contribution in [3.05, 3.63) is 59.9 Å². The number of nitrogens with one attached hydrogen (secondary N) is 1. The predicted octanol–water partition coefficient (Wildman–Crippen LogP) is 2.89. The maximum atomic E-state index is 12.3. The number of hydroxylamine groups is 1. The Kier molecular flexibility index (Phi) is 7.82. The van der Waals surface area contributed by atoms with Gasteiger partial charge in [-0.15, -0.1) is 0 Å². The smallest absolute Gasteiger partial charge is 0.278 e. The second kappa shape index (κ2) is 11.2. The molecule has 0 radical (unpaired) electrons. The summed E-state index contributed by atoms with van der Waals surface area (Å²) in [5, 5.41) is 0. The third-order valence-corrected chi connectivity index (χ3v) is 5.86. The summed E-state index contributed by atoms with van der Waals surface area (Å²) in [7, 11) is 0. The first-order valence-corrected chi connectivity index (χ1v) is 11.3. The molecule has 1 aromatic heterocycles. The molecule has 0 saturated carbocycles. The van der Waals surface area contributed by atoms with Gasteiger partial charge in [0.2, 0.25) is 5.95 Å². The van der Waals surface area contributed by atoms with E-state index in [9.17, 15) is 4.79 Å². The Morgan fingerprint density at radius 3 is 2.59 bits per heavy atom. The van der Waals surface area contributed by atoms with E-state index in [2.05, 4.69) is 68.6 Å². The lowest BCUT2D eigenvalue weighted by Crippen LogP contribution is -2.49. The number of amides is 1. The summed E-state index contributed by atoms with van der Waals surface area (Å²) >= 11 is 0. The second-order valence-electron chi connectivity index (χ2n) is 8.15. The first-order chi connectivity index (χ1) is 15.7. The van der Waals surface area contributed by atoms with E-state index in [1.165, 1.54) is 5.56 Å². The first-order valence-electron chi connectivity index (χ1n) is 11.3. The monoisotopic (exact) mass is 437 g/mol. The average molecular weight is 438 g/mol. The second-order valence-corrected chi connectivity index (χ2v) is 8.15. The molecule has 1 amide bonds. The third-order valence-electron chi connectivity index (χ3n) is 5.86. The lowest BCUT2D eigenvalue weighted by atomic mass is 10.1. The maximum Gasteiger partial charge on any atom is 0.278 e. The van der Waals surface area contributed by atoms with Crippen molar-refractivity contribution in [3.63, 3.8) is 0 Å². The Morgan fingerprint density at radius 2 is 1.91 bits per heavy atom. The summed E-state index contributed by atoms with van der Waals surface area (Å²) in [5.41, 5.74) is 4.02. The lowest BCUT2D eigenvalue weighted by molar-refractivity contribution is -0.186. The van der Waals surface area contributed by atoms with Crippen molar-refractivity contribution in [3.8, 4) is 0 Å². The van der Waals surface area contributed by atoms with Crippen LogP contribution in [0, 0.1) is 0 Å². The highest BCUT2D eigenvalue weighted by atomic mass is 16.8. The number of anilines is 1. The van der Waals surface area contributed by atoms with Gasteiger partial charge in [-0.1, -0.05) is 42.5 Å². The van der Waals surface area contributed by atoms with Gasteiger partial charge in [-0.3, -0.25) is 9.69 Å². The van der Waals surface area contributed by atoms with E-state index >= 15 is 0 Å². The van der Waals surface area contributed by atoms with Gasteiger partial charge in [0, 0.05) is 57.6 Å². The van der Waals surface area contributed by atoms with E-state index in [1.54, 1.807) is 12.4 Å². The summed E-state index contributed by atoms with van der Waals surface area (Å²) in [6.45, 7) is 6.43. The van der Waals surface area contributed by atoms with Crippen LogP contribution in [0.5, 0.6) is 0 Å². The quantitative estimate of drug-likeness (QED) is 0.667. The first kappa shape index (κ1) is 22.4. The molecule has 2 saturated heterocycles. The van der Waals surface area contributed by atoms with Crippen molar-refractivity contribution in [2.24, 2.45) is 0 Å². The van der Waals surface area contributed by atoms with Gasteiger partial charge >= 0.3 is 0 Å². The molecule has 2 atom stereocenters. The Hall–Kier alpha value is -2.81. The molecule has 2 fully saturated rings. The van der Waals surface area contributed by atoms with E-state index in [0.717, 1.165) is 45.4 Å². The van der Waals surface area contributed by atoms with Crippen molar-refractivity contribution in [2.75, 3.05) is 37.7 Å². The topological polar surface area (TPSA) is 79.8 Å². The summed E-state index contributed by atoms with van der Waals surface area (Å²) in [6, 6.07) is 10.7. The Balaban J connectivity index is 1.23. The maximum absolute atomic E-state index is 12.3. The van der Waals surface area contributed by atoms with Crippen molar-refractivity contribution in [2.45, 2.75) is 38.5 Å². The summed E-state index contributed by atoms with van der Waals surface area (Å²) in [4.78, 5) is 31.0. The van der Waals surface area contributed by atoms with Gasteiger partial charge in [-0.25, -0.2) is 20.3 Å². The van der Waals surface area contributed by atoms with E-state index in [1.807, 2.05) is 6.07 Å². The molecule has 2 aliphatic heterocycles. The van der Waals surface area contributed by atoms with E-state index in [0.29, 0.717) is 24.2 Å². The number of ether oxygens (including phenoxy) is 1. The van der Waals surface area contributed by atoms with Crippen LogP contribution in [-0.4, -0.2) is 65.9 Å². The minimum Gasteiger partial charge on any atom is -0.350 e. The molecule has 2 unspecified atom stereocenters. The number of benzene rings is 1. The number of aromatic nitrogens is 2. The molecule has 8 nitrogen and oxygen atoms in total.